The molecular formula is C12H20O. The Morgan fingerprint density at radius 3 is 2.38 bits per heavy atom. The highest BCUT2D eigenvalue weighted by Crippen LogP contribution is 1.99. The van der Waals surface area contributed by atoms with Crippen LogP contribution >= 0.6 is 0 Å². The summed E-state index contributed by atoms with van der Waals surface area (Å²) in [6, 6.07) is 0. The van der Waals surface area contributed by atoms with Crippen molar-refractivity contribution in [1.82, 2.24) is 0 Å². The van der Waals surface area contributed by atoms with E-state index in [1.807, 2.05) is 0 Å². The maximum Gasteiger partial charge on any atom is 0.104 e. The molecule has 0 rings (SSSR count). The summed E-state index contributed by atoms with van der Waals surface area (Å²) in [6.07, 6.45) is 11.4. The number of allylic oxidation sites excluding steroid dienone is 2. The number of rotatable bonds is 6. The molecule has 1 N–H and O–H groups in total. The quantitative estimate of drug-likeness (QED) is 0.378. The maximum absolute atomic E-state index is 8.38. The van der Waals surface area contributed by atoms with Crippen LogP contribution in [0.5, 0.6) is 0 Å². The molecule has 1 heteroatoms. The van der Waals surface area contributed by atoms with E-state index in [-0.39, 0.29) is 6.61 Å². The molecule has 0 aromatic carbocycles. The van der Waals surface area contributed by atoms with Crippen LogP contribution in [0.4, 0.5) is 0 Å². The minimum absolute atomic E-state index is 0.00760. The van der Waals surface area contributed by atoms with Crippen molar-refractivity contribution < 1.29 is 5.11 Å². The Labute approximate surface area is 81.9 Å². The fourth-order valence-electron chi connectivity index (χ4n) is 1.01. The molecule has 0 aliphatic heterocycles. The molecule has 0 saturated carbocycles. The van der Waals surface area contributed by atoms with Gasteiger partial charge in [0.1, 0.15) is 6.61 Å². The average molecular weight is 180 g/mol. The van der Waals surface area contributed by atoms with Crippen molar-refractivity contribution in [3.05, 3.63) is 12.2 Å². The number of unbranched alkanes of at least 4 members (excludes halogenated alkanes) is 4. The van der Waals surface area contributed by atoms with Crippen molar-refractivity contribution in [2.45, 2.75) is 45.4 Å². The molecule has 0 aliphatic rings. The zero-order chi connectivity index (χ0) is 9.78. The first-order valence-corrected chi connectivity index (χ1v) is 5.13. The summed E-state index contributed by atoms with van der Waals surface area (Å²) < 4.78 is 0. The first-order chi connectivity index (χ1) is 6.41. The van der Waals surface area contributed by atoms with Gasteiger partial charge in [0.05, 0.1) is 0 Å². The molecule has 0 heterocycles. The van der Waals surface area contributed by atoms with Crippen LogP contribution in [0, 0.1) is 11.8 Å². The Hall–Kier alpha value is -0.740. The van der Waals surface area contributed by atoms with Crippen LogP contribution in [0.1, 0.15) is 45.4 Å². The van der Waals surface area contributed by atoms with E-state index in [1.165, 1.54) is 19.3 Å². The number of aliphatic hydroxyl groups is 1. The minimum Gasteiger partial charge on any atom is -0.384 e. The molecule has 0 spiro atoms. The summed E-state index contributed by atoms with van der Waals surface area (Å²) in [6.45, 7) is 2.20. The van der Waals surface area contributed by atoms with Gasteiger partial charge in [0.2, 0.25) is 0 Å². The highest BCUT2D eigenvalue weighted by Gasteiger charge is 1.80. The van der Waals surface area contributed by atoms with Crippen LogP contribution in [-0.2, 0) is 0 Å². The summed E-state index contributed by atoms with van der Waals surface area (Å²) in [5.41, 5.74) is 0. The standard InChI is InChI=1S/C12H20O/c1-2-3-4-5-6-7-8-9-10-11-12-13/h5-6,13H,2-4,7-9,12H2,1H3/b6-5+. The monoisotopic (exact) mass is 180 g/mol. The lowest BCUT2D eigenvalue weighted by molar-refractivity contribution is 0.350. The third-order valence-corrected chi connectivity index (χ3v) is 1.77. The molecule has 0 aliphatic carbocycles. The second kappa shape index (κ2) is 11.3. The van der Waals surface area contributed by atoms with E-state index in [4.69, 9.17) is 5.11 Å². The van der Waals surface area contributed by atoms with Crippen LogP contribution in [0.25, 0.3) is 0 Å². The first-order valence-electron chi connectivity index (χ1n) is 5.13. The lowest BCUT2D eigenvalue weighted by Crippen LogP contribution is -1.74. The molecule has 0 saturated heterocycles. The third kappa shape index (κ3) is 11.3. The summed E-state index contributed by atoms with van der Waals surface area (Å²) in [4.78, 5) is 0. The Balaban J connectivity index is 3.10. The number of aliphatic hydroxyl groups excluding tert-OH is 1. The fourth-order valence-corrected chi connectivity index (χ4v) is 1.01. The van der Waals surface area contributed by atoms with Crippen LogP contribution in [0.15, 0.2) is 12.2 Å². The van der Waals surface area contributed by atoms with E-state index < -0.39 is 0 Å². The van der Waals surface area contributed by atoms with Crippen LogP contribution in [0.2, 0.25) is 0 Å². The Morgan fingerprint density at radius 1 is 1.08 bits per heavy atom. The zero-order valence-electron chi connectivity index (χ0n) is 8.55. The van der Waals surface area contributed by atoms with Crippen LogP contribution in [0.3, 0.4) is 0 Å². The van der Waals surface area contributed by atoms with E-state index in [0.29, 0.717) is 0 Å². The lowest BCUT2D eigenvalue weighted by Gasteiger charge is -1.89. The van der Waals surface area contributed by atoms with Crippen molar-refractivity contribution >= 4 is 0 Å². The summed E-state index contributed by atoms with van der Waals surface area (Å²) in [5.74, 6) is 5.54. The largest absolute Gasteiger partial charge is 0.384 e. The maximum atomic E-state index is 8.38. The van der Waals surface area contributed by atoms with Crippen molar-refractivity contribution in [2.24, 2.45) is 0 Å². The molecule has 0 aromatic heterocycles. The van der Waals surface area contributed by atoms with E-state index in [9.17, 15) is 0 Å². The molecule has 0 bridgehead atoms. The van der Waals surface area contributed by atoms with Gasteiger partial charge in [-0.15, -0.1) is 5.92 Å². The van der Waals surface area contributed by atoms with Gasteiger partial charge in [-0.05, 0) is 19.3 Å². The van der Waals surface area contributed by atoms with Crippen molar-refractivity contribution in [1.29, 1.82) is 0 Å². The lowest BCUT2D eigenvalue weighted by atomic mass is 10.2. The average Bonchev–Trinajstić information content (AvgIpc) is 2.16. The van der Waals surface area contributed by atoms with Gasteiger partial charge in [-0.2, -0.15) is 0 Å². The molecule has 74 valence electrons. The van der Waals surface area contributed by atoms with Gasteiger partial charge >= 0.3 is 0 Å². The van der Waals surface area contributed by atoms with Gasteiger partial charge in [0.15, 0.2) is 0 Å². The van der Waals surface area contributed by atoms with Gasteiger partial charge in [-0.1, -0.05) is 37.8 Å². The molecule has 0 unspecified atom stereocenters. The smallest absolute Gasteiger partial charge is 0.104 e. The highest BCUT2D eigenvalue weighted by atomic mass is 16.2. The predicted molar refractivity (Wildman–Crippen MR) is 57.4 cm³/mol. The van der Waals surface area contributed by atoms with E-state index in [1.54, 1.807) is 0 Å². The second-order valence-corrected chi connectivity index (χ2v) is 3.02. The van der Waals surface area contributed by atoms with E-state index in [0.717, 1.165) is 19.3 Å². The van der Waals surface area contributed by atoms with Crippen LogP contribution in [-0.4, -0.2) is 11.7 Å². The van der Waals surface area contributed by atoms with E-state index >= 15 is 0 Å². The first kappa shape index (κ1) is 12.3. The van der Waals surface area contributed by atoms with Gasteiger partial charge in [-0.3, -0.25) is 0 Å². The summed E-state index contributed by atoms with van der Waals surface area (Å²) >= 11 is 0. The van der Waals surface area contributed by atoms with Crippen molar-refractivity contribution in [3.63, 3.8) is 0 Å². The van der Waals surface area contributed by atoms with Gasteiger partial charge < -0.3 is 5.11 Å². The SMILES string of the molecule is CCCC/C=C/CCCC#CCO. The Bertz CT molecular complexity index is 171. The predicted octanol–water partition coefficient (Wildman–Crippen LogP) is 2.90. The molecule has 0 radical (unpaired) electrons. The molecule has 0 fully saturated rings. The molecule has 0 amide bonds. The van der Waals surface area contributed by atoms with Crippen molar-refractivity contribution in [3.8, 4) is 11.8 Å². The molecule has 13 heavy (non-hydrogen) atoms. The number of hydrogen-bond acceptors (Lipinski definition) is 1. The fraction of sp³-hybridized carbons (Fsp3) is 0.667. The molecule has 1 nitrogen and oxygen atoms in total. The van der Waals surface area contributed by atoms with Crippen LogP contribution < -0.4 is 0 Å². The summed E-state index contributed by atoms with van der Waals surface area (Å²) in [5, 5.41) is 8.38. The zero-order valence-corrected chi connectivity index (χ0v) is 8.55. The highest BCUT2D eigenvalue weighted by molar-refractivity contribution is 4.98. The Kier molecular flexibility index (Phi) is 10.6. The van der Waals surface area contributed by atoms with E-state index in [2.05, 4.69) is 30.9 Å². The van der Waals surface area contributed by atoms with Gasteiger partial charge in [0.25, 0.3) is 0 Å². The second-order valence-electron chi connectivity index (χ2n) is 3.02. The van der Waals surface area contributed by atoms with Crippen molar-refractivity contribution in [2.75, 3.05) is 6.61 Å². The molecule has 0 aromatic rings. The van der Waals surface area contributed by atoms with Gasteiger partial charge in [0, 0.05) is 6.42 Å². The topological polar surface area (TPSA) is 20.2 Å². The number of hydrogen-bond donors (Lipinski definition) is 1. The molecule has 0 atom stereocenters. The Morgan fingerprint density at radius 2 is 1.77 bits per heavy atom. The van der Waals surface area contributed by atoms with Gasteiger partial charge in [-0.25, -0.2) is 0 Å². The molecular weight excluding hydrogens is 160 g/mol. The minimum atomic E-state index is -0.00760. The normalized spacial score (nSPS) is 10.0. The summed E-state index contributed by atoms with van der Waals surface area (Å²) in [7, 11) is 0. The third-order valence-electron chi connectivity index (χ3n) is 1.77.